The summed E-state index contributed by atoms with van der Waals surface area (Å²) in [5, 5.41) is 0. The van der Waals surface area contributed by atoms with Gasteiger partial charge in [-0.25, -0.2) is 0 Å². The van der Waals surface area contributed by atoms with Crippen molar-refractivity contribution in [3.8, 4) is 0 Å². The SMILES string of the molecule is CC1CN(C[C]=O)CC(C)O1. The number of nitrogens with zero attached hydrogens (tertiary/aromatic N) is 1. The zero-order chi connectivity index (χ0) is 8.27. The van der Waals surface area contributed by atoms with Gasteiger partial charge in [0.2, 0.25) is 6.29 Å². The first-order chi connectivity index (χ1) is 5.22. The van der Waals surface area contributed by atoms with Crippen molar-refractivity contribution in [2.75, 3.05) is 19.6 Å². The van der Waals surface area contributed by atoms with Gasteiger partial charge in [-0.3, -0.25) is 9.69 Å². The molecule has 1 radical (unpaired) electrons. The summed E-state index contributed by atoms with van der Waals surface area (Å²) in [5.74, 6) is 0. The van der Waals surface area contributed by atoms with Crippen LogP contribution in [-0.2, 0) is 9.53 Å². The molecule has 1 aliphatic heterocycles. The largest absolute Gasteiger partial charge is 0.373 e. The van der Waals surface area contributed by atoms with E-state index in [1.807, 2.05) is 20.1 Å². The second-order valence-electron chi connectivity index (χ2n) is 3.10. The minimum absolute atomic E-state index is 0.243. The van der Waals surface area contributed by atoms with Crippen LogP contribution in [0.5, 0.6) is 0 Å². The lowest BCUT2D eigenvalue weighted by Gasteiger charge is -2.33. The van der Waals surface area contributed by atoms with E-state index in [1.165, 1.54) is 0 Å². The molecule has 3 nitrogen and oxygen atoms in total. The second-order valence-corrected chi connectivity index (χ2v) is 3.10. The molecule has 1 heterocycles. The fourth-order valence-electron chi connectivity index (χ4n) is 1.50. The van der Waals surface area contributed by atoms with E-state index in [0.29, 0.717) is 6.54 Å². The number of carbonyl (C=O) groups excluding carboxylic acids is 1. The molecule has 0 N–H and O–H groups in total. The molecular weight excluding hydrogens is 142 g/mol. The Morgan fingerprint density at radius 3 is 2.45 bits per heavy atom. The van der Waals surface area contributed by atoms with Crippen LogP contribution in [0.4, 0.5) is 0 Å². The van der Waals surface area contributed by atoms with E-state index in [9.17, 15) is 4.79 Å². The maximum Gasteiger partial charge on any atom is 0.213 e. The van der Waals surface area contributed by atoms with E-state index >= 15 is 0 Å². The van der Waals surface area contributed by atoms with Crippen LogP contribution in [0.25, 0.3) is 0 Å². The van der Waals surface area contributed by atoms with Crippen molar-refractivity contribution in [2.24, 2.45) is 0 Å². The molecule has 0 bridgehead atoms. The van der Waals surface area contributed by atoms with E-state index in [1.54, 1.807) is 0 Å². The van der Waals surface area contributed by atoms with Crippen LogP contribution >= 0.6 is 0 Å². The molecule has 1 rings (SSSR count). The lowest BCUT2D eigenvalue weighted by molar-refractivity contribution is -0.0635. The first kappa shape index (κ1) is 8.68. The lowest BCUT2D eigenvalue weighted by atomic mass is 10.2. The normalized spacial score (nSPS) is 33.6. The van der Waals surface area contributed by atoms with E-state index in [-0.39, 0.29) is 12.2 Å². The van der Waals surface area contributed by atoms with E-state index in [4.69, 9.17) is 4.74 Å². The molecule has 2 unspecified atom stereocenters. The Balaban J connectivity index is 2.36. The van der Waals surface area contributed by atoms with Gasteiger partial charge in [0, 0.05) is 13.1 Å². The first-order valence-corrected chi connectivity index (χ1v) is 3.95. The number of hydrogen-bond acceptors (Lipinski definition) is 3. The van der Waals surface area contributed by atoms with E-state index in [2.05, 4.69) is 4.90 Å². The molecule has 2 atom stereocenters. The average molecular weight is 156 g/mol. The van der Waals surface area contributed by atoms with Crippen molar-refractivity contribution in [2.45, 2.75) is 26.1 Å². The van der Waals surface area contributed by atoms with Gasteiger partial charge in [-0.15, -0.1) is 0 Å². The Morgan fingerprint density at radius 2 is 2.00 bits per heavy atom. The highest BCUT2D eigenvalue weighted by atomic mass is 16.5. The van der Waals surface area contributed by atoms with Gasteiger partial charge in [0.05, 0.1) is 18.8 Å². The summed E-state index contributed by atoms with van der Waals surface area (Å²) in [5.41, 5.74) is 0. The molecule has 1 saturated heterocycles. The van der Waals surface area contributed by atoms with Gasteiger partial charge in [-0.05, 0) is 13.8 Å². The maximum absolute atomic E-state index is 10.1. The molecule has 0 aromatic rings. The summed E-state index contributed by atoms with van der Waals surface area (Å²) in [4.78, 5) is 12.1. The summed E-state index contributed by atoms with van der Waals surface area (Å²) < 4.78 is 5.49. The molecule has 63 valence electrons. The van der Waals surface area contributed by atoms with Gasteiger partial charge in [0.15, 0.2) is 0 Å². The highest BCUT2D eigenvalue weighted by Gasteiger charge is 2.21. The van der Waals surface area contributed by atoms with Gasteiger partial charge in [0.1, 0.15) is 0 Å². The summed E-state index contributed by atoms with van der Waals surface area (Å²) in [6, 6.07) is 0. The average Bonchev–Trinajstić information content (AvgIpc) is 1.85. The zero-order valence-corrected chi connectivity index (χ0v) is 7.04. The third kappa shape index (κ3) is 2.60. The third-order valence-corrected chi connectivity index (χ3v) is 1.78. The van der Waals surface area contributed by atoms with Crippen LogP contribution in [0.15, 0.2) is 0 Å². The van der Waals surface area contributed by atoms with Crippen molar-refractivity contribution >= 4 is 6.29 Å². The maximum atomic E-state index is 10.1. The Kier molecular flexibility index (Phi) is 3.02. The molecular formula is C8H14NO2. The standard InChI is InChI=1S/C8H14NO2/c1-7-5-9(3-4-10)6-8(2)11-7/h7-8H,3,5-6H2,1-2H3. The Labute approximate surface area is 67.3 Å². The molecule has 1 aliphatic rings. The first-order valence-electron chi connectivity index (χ1n) is 3.95. The highest BCUT2D eigenvalue weighted by molar-refractivity contribution is 5.53. The van der Waals surface area contributed by atoms with E-state index in [0.717, 1.165) is 13.1 Å². The molecule has 0 aliphatic carbocycles. The second kappa shape index (κ2) is 3.83. The monoisotopic (exact) mass is 156 g/mol. The molecule has 0 aromatic heterocycles. The van der Waals surface area contributed by atoms with Crippen LogP contribution in [-0.4, -0.2) is 43.0 Å². The molecule has 1 fully saturated rings. The number of ether oxygens (including phenoxy) is 1. The zero-order valence-electron chi connectivity index (χ0n) is 7.04. The van der Waals surface area contributed by atoms with Crippen LogP contribution in [0.3, 0.4) is 0 Å². The minimum atomic E-state index is 0.243. The summed E-state index contributed by atoms with van der Waals surface area (Å²) >= 11 is 0. The van der Waals surface area contributed by atoms with E-state index < -0.39 is 0 Å². The summed E-state index contributed by atoms with van der Waals surface area (Å²) in [6.45, 7) is 6.15. The van der Waals surface area contributed by atoms with Gasteiger partial charge in [-0.1, -0.05) is 0 Å². The molecule has 0 spiro atoms. The number of morpholine rings is 1. The number of rotatable bonds is 2. The Hall–Kier alpha value is -0.410. The molecule has 3 heteroatoms. The molecule has 0 saturated carbocycles. The van der Waals surface area contributed by atoms with Crippen LogP contribution in [0, 0.1) is 0 Å². The predicted molar refractivity (Wildman–Crippen MR) is 42.1 cm³/mol. The van der Waals surface area contributed by atoms with Crippen molar-refractivity contribution in [3.63, 3.8) is 0 Å². The summed E-state index contributed by atoms with van der Waals surface area (Å²) in [6.07, 6.45) is 2.38. The minimum Gasteiger partial charge on any atom is -0.373 e. The van der Waals surface area contributed by atoms with Crippen LogP contribution < -0.4 is 0 Å². The van der Waals surface area contributed by atoms with Crippen LogP contribution in [0.2, 0.25) is 0 Å². The fraction of sp³-hybridized carbons (Fsp3) is 0.875. The molecule has 0 amide bonds. The Bertz CT molecular complexity index is 128. The van der Waals surface area contributed by atoms with Gasteiger partial charge < -0.3 is 4.74 Å². The Morgan fingerprint density at radius 1 is 1.45 bits per heavy atom. The van der Waals surface area contributed by atoms with Gasteiger partial charge in [-0.2, -0.15) is 0 Å². The van der Waals surface area contributed by atoms with Crippen molar-refractivity contribution in [1.29, 1.82) is 0 Å². The lowest BCUT2D eigenvalue weighted by Crippen LogP contribution is -2.45. The van der Waals surface area contributed by atoms with Gasteiger partial charge >= 0.3 is 0 Å². The summed E-state index contributed by atoms with van der Waals surface area (Å²) in [7, 11) is 0. The number of hydrogen-bond donors (Lipinski definition) is 0. The third-order valence-electron chi connectivity index (χ3n) is 1.78. The molecule has 0 aromatic carbocycles. The van der Waals surface area contributed by atoms with Crippen molar-refractivity contribution in [1.82, 2.24) is 4.90 Å². The quantitative estimate of drug-likeness (QED) is 0.572. The van der Waals surface area contributed by atoms with Crippen molar-refractivity contribution < 1.29 is 9.53 Å². The van der Waals surface area contributed by atoms with Crippen molar-refractivity contribution in [3.05, 3.63) is 0 Å². The van der Waals surface area contributed by atoms with Crippen LogP contribution in [0.1, 0.15) is 13.8 Å². The highest BCUT2D eigenvalue weighted by Crippen LogP contribution is 2.08. The molecule has 11 heavy (non-hydrogen) atoms. The fourth-order valence-corrected chi connectivity index (χ4v) is 1.50. The van der Waals surface area contributed by atoms with Gasteiger partial charge in [0.25, 0.3) is 0 Å². The topological polar surface area (TPSA) is 29.5 Å². The predicted octanol–water partition coefficient (Wildman–Crippen LogP) is 0.205. The smallest absolute Gasteiger partial charge is 0.213 e.